The summed E-state index contributed by atoms with van der Waals surface area (Å²) in [6.07, 6.45) is 1.50. The van der Waals surface area contributed by atoms with Crippen LogP contribution in [0.1, 0.15) is 27.2 Å². The Kier molecular flexibility index (Phi) is 4.69. The van der Waals surface area contributed by atoms with Crippen molar-refractivity contribution in [3.63, 3.8) is 0 Å². The van der Waals surface area contributed by atoms with E-state index in [0.29, 0.717) is 11.3 Å². The molecule has 0 aliphatic carbocycles. The number of aryl methyl sites for hydroxylation is 2. The maximum absolute atomic E-state index is 12.2. The molecule has 6 heteroatoms. The van der Waals surface area contributed by atoms with Gasteiger partial charge in [-0.25, -0.2) is 0 Å². The van der Waals surface area contributed by atoms with Gasteiger partial charge in [-0.1, -0.05) is 28.1 Å². The highest BCUT2D eigenvalue weighted by atomic mass is 79.9. The highest BCUT2D eigenvalue weighted by Gasteiger charge is 2.12. The lowest BCUT2D eigenvalue weighted by Gasteiger charge is -2.12. The van der Waals surface area contributed by atoms with Crippen LogP contribution in [0.2, 0.25) is 0 Å². The number of rotatable bonds is 3. The SMILES string of the molecule is Cc1cc(Br)cc(C)c1NC(=O)c1ccc(C(N)=S)cn1. The molecule has 108 valence electrons. The molecule has 0 bridgehead atoms. The van der Waals surface area contributed by atoms with Crippen LogP contribution in [0.5, 0.6) is 0 Å². The summed E-state index contributed by atoms with van der Waals surface area (Å²) in [5, 5.41) is 2.88. The number of hydrogen-bond acceptors (Lipinski definition) is 3. The van der Waals surface area contributed by atoms with Gasteiger partial charge in [0, 0.05) is 21.9 Å². The number of benzene rings is 1. The van der Waals surface area contributed by atoms with Crippen LogP contribution in [-0.4, -0.2) is 15.9 Å². The molecule has 0 saturated heterocycles. The number of thiocarbonyl (C=S) groups is 1. The molecule has 1 aromatic heterocycles. The molecule has 3 N–H and O–H groups in total. The van der Waals surface area contributed by atoms with E-state index in [9.17, 15) is 4.79 Å². The lowest BCUT2D eigenvalue weighted by atomic mass is 10.1. The summed E-state index contributed by atoms with van der Waals surface area (Å²) in [4.78, 5) is 16.6. The van der Waals surface area contributed by atoms with Crippen LogP contribution in [0.15, 0.2) is 34.9 Å². The van der Waals surface area contributed by atoms with Gasteiger partial charge in [0.25, 0.3) is 5.91 Å². The van der Waals surface area contributed by atoms with Gasteiger partial charge in [-0.2, -0.15) is 0 Å². The van der Waals surface area contributed by atoms with E-state index in [2.05, 4.69) is 26.2 Å². The molecule has 0 fully saturated rings. The highest BCUT2D eigenvalue weighted by molar-refractivity contribution is 9.10. The van der Waals surface area contributed by atoms with Crippen molar-refractivity contribution in [1.29, 1.82) is 0 Å². The van der Waals surface area contributed by atoms with E-state index in [1.54, 1.807) is 12.1 Å². The van der Waals surface area contributed by atoms with Gasteiger partial charge in [0.2, 0.25) is 0 Å². The fourth-order valence-electron chi connectivity index (χ4n) is 1.96. The van der Waals surface area contributed by atoms with Crippen LogP contribution in [0.4, 0.5) is 5.69 Å². The van der Waals surface area contributed by atoms with Gasteiger partial charge in [-0.05, 0) is 49.2 Å². The molecule has 1 aromatic carbocycles. The Bertz CT molecular complexity index is 690. The molecule has 1 amide bonds. The first-order valence-electron chi connectivity index (χ1n) is 6.22. The average molecular weight is 364 g/mol. The maximum atomic E-state index is 12.2. The Morgan fingerprint density at radius 3 is 2.38 bits per heavy atom. The molecule has 0 unspecified atom stereocenters. The summed E-state index contributed by atoms with van der Waals surface area (Å²) in [5.74, 6) is -0.266. The molecular weight excluding hydrogens is 350 g/mol. The van der Waals surface area contributed by atoms with Crippen LogP contribution in [0, 0.1) is 13.8 Å². The number of aromatic nitrogens is 1. The third-order valence-electron chi connectivity index (χ3n) is 3.02. The predicted octanol–water partition coefficient (Wildman–Crippen LogP) is 3.35. The van der Waals surface area contributed by atoms with Crippen molar-refractivity contribution in [3.05, 3.63) is 57.3 Å². The highest BCUT2D eigenvalue weighted by Crippen LogP contribution is 2.25. The molecular formula is C15H14BrN3OS. The summed E-state index contributed by atoms with van der Waals surface area (Å²) in [7, 11) is 0. The predicted molar refractivity (Wildman–Crippen MR) is 91.7 cm³/mol. The summed E-state index contributed by atoms with van der Waals surface area (Å²) in [6, 6.07) is 7.19. The minimum atomic E-state index is -0.266. The Morgan fingerprint density at radius 2 is 1.90 bits per heavy atom. The van der Waals surface area contributed by atoms with Crippen LogP contribution < -0.4 is 11.1 Å². The second-order valence-electron chi connectivity index (χ2n) is 4.67. The topological polar surface area (TPSA) is 68.0 Å². The van der Waals surface area contributed by atoms with Gasteiger partial charge < -0.3 is 11.1 Å². The molecule has 0 saturated carbocycles. The molecule has 0 atom stereocenters. The van der Waals surface area contributed by atoms with Gasteiger partial charge in [-0.15, -0.1) is 0 Å². The largest absolute Gasteiger partial charge is 0.389 e. The number of anilines is 1. The van der Waals surface area contributed by atoms with Crippen LogP contribution >= 0.6 is 28.1 Å². The van der Waals surface area contributed by atoms with Gasteiger partial charge in [0.05, 0.1) is 0 Å². The average Bonchev–Trinajstić information content (AvgIpc) is 2.42. The second kappa shape index (κ2) is 6.32. The first kappa shape index (κ1) is 15.6. The summed E-state index contributed by atoms with van der Waals surface area (Å²) in [5.41, 5.74) is 9.21. The summed E-state index contributed by atoms with van der Waals surface area (Å²) >= 11 is 8.29. The smallest absolute Gasteiger partial charge is 0.274 e. The third-order valence-corrected chi connectivity index (χ3v) is 3.71. The molecule has 1 heterocycles. The Hall–Kier alpha value is -1.79. The van der Waals surface area contributed by atoms with Crippen molar-refractivity contribution in [1.82, 2.24) is 4.98 Å². The van der Waals surface area contributed by atoms with E-state index in [1.165, 1.54) is 6.20 Å². The fourth-order valence-corrected chi connectivity index (χ4v) is 2.77. The molecule has 21 heavy (non-hydrogen) atoms. The first-order chi connectivity index (χ1) is 9.88. The molecule has 2 rings (SSSR count). The zero-order valence-corrected chi connectivity index (χ0v) is 14.0. The normalized spacial score (nSPS) is 10.2. The first-order valence-corrected chi connectivity index (χ1v) is 7.42. The number of hydrogen-bond donors (Lipinski definition) is 2. The molecule has 4 nitrogen and oxygen atoms in total. The van der Waals surface area contributed by atoms with E-state index in [-0.39, 0.29) is 10.9 Å². The number of carbonyl (C=O) groups excluding carboxylic acids is 1. The van der Waals surface area contributed by atoms with Gasteiger partial charge >= 0.3 is 0 Å². The van der Waals surface area contributed by atoms with Crippen molar-refractivity contribution >= 4 is 44.7 Å². The van der Waals surface area contributed by atoms with E-state index in [1.807, 2.05) is 26.0 Å². The number of nitrogens with zero attached hydrogens (tertiary/aromatic N) is 1. The second-order valence-corrected chi connectivity index (χ2v) is 6.02. The zero-order chi connectivity index (χ0) is 15.6. The number of nitrogens with two attached hydrogens (primary N) is 1. The lowest BCUT2D eigenvalue weighted by Crippen LogP contribution is -2.16. The van der Waals surface area contributed by atoms with E-state index < -0.39 is 0 Å². The van der Waals surface area contributed by atoms with E-state index >= 15 is 0 Å². The van der Waals surface area contributed by atoms with Gasteiger partial charge in [0.15, 0.2) is 0 Å². The summed E-state index contributed by atoms with van der Waals surface area (Å²) < 4.78 is 0.981. The van der Waals surface area contributed by atoms with Gasteiger partial charge in [-0.3, -0.25) is 9.78 Å². The fraction of sp³-hybridized carbons (Fsp3) is 0.133. The number of carbonyl (C=O) groups is 1. The lowest BCUT2D eigenvalue weighted by molar-refractivity contribution is 0.102. The van der Waals surface area contributed by atoms with Crippen LogP contribution in [-0.2, 0) is 0 Å². The van der Waals surface area contributed by atoms with Gasteiger partial charge in [0.1, 0.15) is 10.7 Å². The van der Waals surface area contributed by atoms with Crippen LogP contribution in [0.3, 0.4) is 0 Å². The van der Waals surface area contributed by atoms with E-state index in [0.717, 1.165) is 21.3 Å². The van der Waals surface area contributed by atoms with Crippen molar-refractivity contribution < 1.29 is 4.79 Å². The molecule has 0 radical (unpaired) electrons. The standard InChI is InChI=1S/C15H14BrN3OS/c1-8-5-11(16)6-9(2)13(8)19-15(20)12-4-3-10(7-18-12)14(17)21/h3-7H,1-2H3,(H2,17,21)(H,19,20). The Morgan fingerprint density at radius 1 is 1.29 bits per heavy atom. The van der Waals surface area contributed by atoms with Crippen molar-refractivity contribution in [3.8, 4) is 0 Å². The molecule has 0 spiro atoms. The number of amides is 1. The van der Waals surface area contributed by atoms with E-state index in [4.69, 9.17) is 18.0 Å². The molecule has 0 aliphatic rings. The van der Waals surface area contributed by atoms with Crippen molar-refractivity contribution in [2.45, 2.75) is 13.8 Å². The Labute approximate surface area is 136 Å². The minimum Gasteiger partial charge on any atom is -0.389 e. The zero-order valence-electron chi connectivity index (χ0n) is 11.6. The third kappa shape index (κ3) is 3.65. The number of halogens is 1. The molecule has 2 aromatic rings. The number of nitrogens with one attached hydrogen (secondary N) is 1. The van der Waals surface area contributed by atoms with Crippen molar-refractivity contribution in [2.75, 3.05) is 5.32 Å². The summed E-state index contributed by atoms with van der Waals surface area (Å²) in [6.45, 7) is 3.88. The minimum absolute atomic E-state index is 0.258. The molecule has 0 aliphatic heterocycles. The Balaban J connectivity index is 2.24. The van der Waals surface area contributed by atoms with Crippen molar-refractivity contribution in [2.24, 2.45) is 5.73 Å². The quantitative estimate of drug-likeness (QED) is 0.820. The van der Waals surface area contributed by atoms with Crippen LogP contribution in [0.25, 0.3) is 0 Å². The monoisotopic (exact) mass is 363 g/mol. The maximum Gasteiger partial charge on any atom is 0.274 e. The number of pyridine rings is 1.